The minimum Gasteiger partial charge on any atom is -0.320 e. The van der Waals surface area contributed by atoms with E-state index in [2.05, 4.69) is 15.7 Å². The lowest BCUT2D eigenvalue weighted by atomic mass is 9.96. The molecule has 1 aromatic rings. The largest absolute Gasteiger partial charge is 0.320 e. The minimum absolute atomic E-state index is 0.151. The summed E-state index contributed by atoms with van der Waals surface area (Å²) in [6.45, 7) is 1.58. The van der Waals surface area contributed by atoms with Crippen LogP contribution in [0.4, 0.5) is 14.5 Å². The minimum atomic E-state index is -0.667. The summed E-state index contributed by atoms with van der Waals surface area (Å²) in [6, 6.07) is 2.76. The molecule has 1 saturated carbocycles. The number of rotatable bonds is 2. The van der Waals surface area contributed by atoms with Crippen molar-refractivity contribution < 1.29 is 8.78 Å². The van der Waals surface area contributed by atoms with Crippen molar-refractivity contribution in [3.63, 3.8) is 0 Å². The lowest BCUT2D eigenvalue weighted by molar-refractivity contribution is 0.442. The van der Waals surface area contributed by atoms with Gasteiger partial charge in [0, 0.05) is 0 Å². The van der Waals surface area contributed by atoms with E-state index in [4.69, 9.17) is 5.84 Å². The number of hydrazine groups is 1. The van der Waals surface area contributed by atoms with Gasteiger partial charge in [0.2, 0.25) is 5.96 Å². The van der Waals surface area contributed by atoms with Gasteiger partial charge in [0.15, 0.2) is 5.82 Å². The van der Waals surface area contributed by atoms with E-state index < -0.39 is 11.6 Å². The summed E-state index contributed by atoms with van der Waals surface area (Å²) >= 11 is 0. The predicted molar refractivity (Wildman–Crippen MR) is 76.3 cm³/mol. The zero-order valence-corrected chi connectivity index (χ0v) is 11.5. The molecule has 0 saturated heterocycles. The van der Waals surface area contributed by atoms with Crippen LogP contribution in [-0.2, 0) is 0 Å². The van der Waals surface area contributed by atoms with Gasteiger partial charge in [-0.2, -0.15) is 0 Å². The molecule has 20 heavy (non-hydrogen) atoms. The lowest BCUT2D eigenvalue weighted by Crippen LogP contribution is -2.38. The SMILES string of the molecule is Cc1ccc(F)c(NC(=NC2CCCCC2)NN)c1F. The van der Waals surface area contributed by atoms with E-state index in [-0.39, 0.29) is 17.7 Å². The maximum atomic E-state index is 13.9. The second-order valence-electron chi connectivity index (χ2n) is 5.09. The number of benzene rings is 1. The van der Waals surface area contributed by atoms with Crippen molar-refractivity contribution in [2.24, 2.45) is 10.8 Å². The highest BCUT2D eigenvalue weighted by molar-refractivity contribution is 5.93. The van der Waals surface area contributed by atoms with E-state index in [9.17, 15) is 8.78 Å². The highest BCUT2D eigenvalue weighted by Gasteiger charge is 2.16. The number of hydrogen-bond donors (Lipinski definition) is 3. The fraction of sp³-hybridized carbons (Fsp3) is 0.500. The number of guanidine groups is 1. The van der Waals surface area contributed by atoms with Crippen molar-refractivity contribution in [3.05, 3.63) is 29.3 Å². The highest BCUT2D eigenvalue weighted by Crippen LogP contribution is 2.23. The second-order valence-corrected chi connectivity index (χ2v) is 5.09. The number of halogens is 2. The van der Waals surface area contributed by atoms with Gasteiger partial charge >= 0.3 is 0 Å². The lowest BCUT2D eigenvalue weighted by Gasteiger charge is -2.20. The summed E-state index contributed by atoms with van der Waals surface area (Å²) in [5, 5.41) is 2.62. The molecule has 6 heteroatoms. The summed E-state index contributed by atoms with van der Waals surface area (Å²) in [6.07, 6.45) is 5.42. The number of nitrogens with zero attached hydrogens (tertiary/aromatic N) is 1. The molecule has 0 spiro atoms. The molecule has 0 heterocycles. The van der Waals surface area contributed by atoms with Crippen molar-refractivity contribution in [1.82, 2.24) is 5.43 Å². The Hall–Kier alpha value is -1.69. The molecule has 4 nitrogen and oxygen atoms in total. The van der Waals surface area contributed by atoms with Crippen molar-refractivity contribution >= 4 is 11.6 Å². The first kappa shape index (κ1) is 14.7. The van der Waals surface area contributed by atoms with E-state index in [0.717, 1.165) is 25.7 Å². The third kappa shape index (κ3) is 3.45. The summed E-state index contributed by atoms with van der Waals surface area (Å²) in [5.74, 6) is 4.29. The summed E-state index contributed by atoms with van der Waals surface area (Å²) in [5.41, 5.74) is 2.52. The molecular formula is C14H20F2N4. The first-order valence-corrected chi connectivity index (χ1v) is 6.88. The van der Waals surface area contributed by atoms with Crippen LogP contribution in [0.2, 0.25) is 0 Å². The van der Waals surface area contributed by atoms with Crippen LogP contribution in [0.3, 0.4) is 0 Å². The maximum absolute atomic E-state index is 13.9. The molecule has 0 unspecified atom stereocenters. The Morgan fingerprint density at radius 1 is 1.25 bits per heavy atom. The van der Waals surface area contributed by atoms with Crippen LogP contribution in [-0.4, -0.2) is 12.0 Å². The molecule has 1 aromatic carbocycles. The quantitative estimate of drug-likeness (QED) is 0.338. The van der Waals surface area contributed by atoms with Crippen LogP contribution in [0, 0.1) is 18.6 Å². The second kappa shape index (κ2) is 6.65. The molecule has 1 fully saturated rings. The Morgan fingerprint density at radius 2 is 1.95 bits per heavy atom. The van der Waals surface area contributed by atoms with Crippen molar-refractivity contribution in [1.29, 1.82) is 0 Å². The van der Waals surface area contributed by atoms with Crippen LogP contribution >= 0.6 is 0 Å². The van der Waals surface area contributed by atoms with Gasteiger partial charge in [0.25, 0.3) is 0 Å². The third-order valence-corrected chi connectivity index (χ3v) is 3.55. The highest BCUT2D eigenvalue weighted by atomic mass is 19.1. The molecule has 110 valence electrons. The van der Waals surface area contributed by atoms with Crippen LogP contribution < -0.4 is 16.6 Å². The van der Waals surface area contributed by atoms with Gasteiger partial charge in [0.05, 0.1) is 6.04 Å². The van der Waals surface area contributed by atoms with Gasteiger partial charge in [0.1, 0.15) is 11.5 Å². The topological polar surface area (TPSA) is 62.4 Å². The van der Waals surface area contributed by atoms with Gasteiger partial charge in [-0.05, 0) is 31.4 Å². The molecule has 0 aromatic heterocycles. The summed E-state index contributed by atoms with van der Waals surface area (Å²) in [7, 11) is 0. The standard InChI is InChI=1S/C14H20F2N4/c1-9-7-8-11(15)13(12(9)16)19-14(20-17)18-10-5-3-2-4-6-10/h7-8,10H,2-6,17H2,1H3,(H2,18,19,20). The summed E-state index contributed by atoms with van der Waals surface area (Å²) in [4.78, 5) is 4.40. The Balaban J connectivity index is 2.17. The van der Waals surface area contributed by atoms with Gasteiger partial charge in [-0.1, -0.05) is 25.3 Å². The average molecular weight is 282 g/mol. The predicted octanol–water partition coefficient (Wildman–Crippen LogP) is 2.84. The first-order chi connectivity index (χ1) is 9.61. The fourth-order valence-electron chi connectivity index (χ4n) is 2.39. The number of aliphatic imine (C=N–C) groups is 1. The van der Waals surface area contributed by atoms with Gasteiger partial charge in [-0.15, -0.1) is 0 Å². The van der Waals surface area contributed by atoms with Gasteiger partial charge in [-0.25, -0.2) is 19.6 Å². The van der Waals surface area contributed by atoms with Gasteiger partial charge < -0.3 is 5.32 Å². The van der Waals surface area contributed by atoms with Crippen LogP contribution in [0.15, 0.2) is 17.1 Å². The molecule has 1 aliphatic rings. The monoisotopic (exact) mass is 282 g/mol. The number of hydrogen-bond acceptors (Lipinski definition) is 2. The Labute approximate surface area is 117 Å². The Morgan fingerprint density at radius 3 is 2.60 bits per heavy atom. The number of nitrogens with two attached hydrogens (primary N) is 1. The number of nitrogens with one attached hydrogen (secondary N) is 2. The van der Waals surface area contributed by atoms with E-state index in [1.807, 2.05) is 0 Å². The molecule has 0 atom stereocenters. The molecule has 0 radical (unpaired) electrons. The van der Waals surface area contributed by atoms with Gasteiger partial charge in [-0.3, -0.25) is 5.43 Å². The van der Waals surface area contributed by atoms with Crippen molar-refractivity contribution in [2.75, 3.05) is 5.32 Å². The molecule has 0 bridgehead atoms. The molecule has 0 aliphatic heterocycles. The van der Waals surface area contributed by atoms with E-state index in [1.165, 1.54) is 18.6 Å². The Kier molecular flexibility index (Phi) is 4.89. The zero-order valence-electron chi connectivity index (χ0n) is 11.5. The molecule has 4 N–H and O–H groups in total. The molecule has 0 amide bonds. The molecule has 1 aliphatic carbocycles. The fourth-order valence-corrected chi connectivity index (χ4v) is 2.39. The first-order valence-electron chi connectivity index (χ1n) is 6.88. The zero-order chi connectivity index (χ0) is 14.5. The Bertz CT molecular complexity index is 496. The van der Waals surface area contributed by atoms with Crippen molar-refractivity contribution in [2.45, 2.75) is 45.1 Å². The van der Waals surface area contributed by atoms with E-state index in [1.54, 1.807) is 6.92 Å². The van der Waals surface area contributed by atoms with Crippen LogP contribution in [0.5, 0.6) is 0 Å². The average Bonchev–Trinajstić information content (AvgIpc) is 2.47. The maximum Gasteiger partial charge on any atom is 0.210 e. The molecule has 2 rings (SSSR count). The third-order valence-electron chi connectivity index (χ3n) is 3.55. The summed E-state index contributed by atoms with van der Waals surface area (Å²) < 4.78 is 27.6. The number of anilines is 1. The molecular weight excluding hydrogens is 262 g/mol. The van der Waals surface area contributed by atoms with Crippen molar-refractivity contribution in [3.8, 4) is 0 Å². The van der Waals surface area contributed by atoms with Crippen LogP contribution in [0.1, 0.15) is 37.7 Å². The van der Waals surface area contributed by atoms with E-state index in [0.29, 0.717) is 5.56 Å². The number of aryl methyl sites for hydroxylation is 1. The van der Waals surface area contributed by atoms with Crippen LogP contribution in [0.25, 0.3) is 0 Å². The van der Waals surface area contributed by atoms with E-state index >= 15 is 0 Å². The smallest absolute Gasteiger partial charge is 0.210 e. The normalized spacial score (nSPS) is 17.1.